The molecule has 3 heterocycles. The molecule has 1 aromatic heterocycles. The molecule has 4 bridgehead atoms. The number of carbonyl (C=O) groups excluding carboxylic acids is 3. The lowest BCUT2D eigenvalue weighted by Gasteiger charge is -2.25. The summed E-state index contributed by atoms with van der Waals surface area (Å²) in [6.07, 6.45) is 2.15. The molecule has 2 aliphatic rings. The molecule has 2 atom stereocenters. The largest absolute Gasteiger partial charge is 0.493 e. The fraction of sp³-hybridized carbons (Fsp3) is 0.469. The molecule has 0 aliphatic carbocycles. The number of amides is 3. The van der Waals surface area contributed by atoms with E-state index in [9.17, 15) is 19.5 Å². The van der Waals surface area contributed by atoms with Gasteiger partial charge in [0.1, 0.15) is 25.0 Å². The Labute approximate surface area is 272 Å². The summed E-state index contributed by atoms with van der Waals surface area (Å²) in [7, 11) is 0. The summed E-state index contributed by atoms with van der Waals surface area (Å²) in [5, 5.41) is 24.3. The van der Waals surface area contributed by atoms with Gasteiger partial charge in [-0.3, -0.25) is 19.1 Å². The third-order valence-electron chi connectivity index (χ3n) is 7.65. The van der Waals surface area contributed by atoms with Crippen molar-refractivity contribution in [1.29, 1.82) is 0 Å². The summed E-state index contributed by atoms with van der Waals surface area (Å²) in [4.78, 5) is 42.2. The van der Waals surface area contributed by atoms with Crippen molar-refractivity contribution >= 4 is 29.5 Å². The molecule has 14 heteroatoms. The molecule has 2 aliphatic heterocycles. The summed E-state index contributed by atoms with van der Waals surface area (Å²) in [6.45, 7) is 6.10. The minimum absolute atomic E-state index is 0.0680. The molecule has 0 fully saturated rings. The molecular formula is C32H40N6O7S. The minimum Gasteiger partial charge on any atom is -0.493 e. The number of fused-ring (bicyclic) bond motifs is 5. The second kappa shape index (κ2) is 15.8. The second-order valence-corrected chi connectivity index (χ2v) is 12.3. The molecule has 0 unspecified atom stereocenters. The van der Waals surface area contributed by atoms with Crippen LogP contribution in [-0.2, 0) is 22.6 Å². The summed E-state index contributed by atoms with van der Waals surface area (Å²) in [5.41, 5.74) is 1.93. The summed E-state index contributed by atoms with van der Waals surface area (Å²) in [5.74, 6) is 1.41. The number of aromatic nitrogens is 3. The Morgan fingerprint density at radius 3 is 2.67 bits per heavy atom. The smallest absolute Gasteiger partial charge is 0.252 e. The number of rotatable bonds is 5. The molecule has 13 nitrogen and oxygen atoms in total. The fourth-order valence-corrected chi connectivity index (χ4v) is 5.93. The van der Waals surface area contributed by atoms with Gasteiger partial charge in [0, 0.05) is 67.9 Å². The Bertz CT molecular complexity index is 1530. The van der Waals surface area contributed by atoms with Crippen molar-refractivity contribution in [2.75, 3.05) is 45.2 Å². The molecule has 246 valence electrons. The maximum Gasteiger partial charge on any atom is 0.252 e. The number of nitrogens with one attached hydrogen (secondary N) is 2. The summed E-state index contributed by atoms with van der Waals surface area (Å²) < 4.78 is 19.0. The Hall–Kier alpha value is -4.30. The molecule has 0 spiro atoms. The maximum absolute atomic E-state index is 13.4. The van der Waals surface area contributed by atoms with Crippen LogP contribution in [0.15, 0.2) is 47.5 Å². The van der Waals surface area contributed by atoms with Gasteiger partial charge in [-0.25, -0.2) is 0 Å². The van der Waals surface area contributed by atoms with E-state index in [1.54, 1.807) is 39.5 Å². The number of aliphatic hydroxyl groups excluding tert-OH is 1. The van der Waals surface area contributed by atoms with Crippen molar-refractivity contribution in [3.8, 4) is 17.2 Å². The van der Waals surface area contributed by atoms with Gasteiger partial charge in [0.15, 0.2) is 11.5 Å². The van der Waals surface area contributed by atoms with E-state index in [-0.39, 0.29) is 25.4 Å². The number of ether oxygens (including phenoxy) is 3. The standard InChI is InChI=1S/C32H40N6O7S/c1-21-4-5-23-18-27(21)43-14-3-11-38-20-24(35-36-38)8-12-37(13-10-33-32(42)30(22(2)39)34-31(23)41)29(40)9-17-46-25-6-7-26-28(19-25)45-16-15-44-26/h4-7,18-20,22,30,39H,3,8-17H2,1-2H3,(H,33,42)(H,34,41)/t22-,30+/m1/s1. The predicted octanol–water partition coefficient (Wildman–Crippen LogP) is 1.99. The topological polar surface area (TPSA) is 157 Å². The maximum atomic E-state index is 13.4. The van der Waals surface area contributed by atoms with Gasteiger partial charge in [-0.05, 0) is 49.7 Å². The number of hydrogen-bond acceptors (Lipinski definition) is 10. The first-order valence-electron chi connectivity index (χ1n) is 15.5. The average Bonchev–Trinajstić information content (AvgIpc) is 3.50. The number of aryl methyl sites for hydroxylation is 2. The molecule has 3 aromatic rings. The van der Waals surface area contributed by atoms with E-state index in [0.29, 0.717) is 68.6 Å². The van der Waals surface area contributed by atoms with Crippen molar-refractivity contribution in [3.05, 3.63) is 59.4 Å². The molecular weight excluding hydrogens is 612 g/mol. The minimum atomic E-state index is -1.19. The van der Waals surface area contributed by atoms with Gasteiger partial charge in [0.2, 0.25) is 11.8 Å². The highest BCUT2D eigenvalue weighted by atomic mass is 32.2. The van der Waals surface area contributed by atoms with Crippen LogP contribution >= 0.6 is 11.8 Å². The van der Waals surface area contributed by atoms with E-state index in [1.165, 1.54) is 6.92 Å². The summed E-state index contributed by atoms with van der Waals surface area (Å²) >= 11 is 1.55. The molecule has 3 N–H and O–H groups in total. The van der Waals surface area contributed by atoms with E-state index >= 15 is 0 Å². The van der Waals surface area contributed by atoms with Crippen molar-refractivity contribution in [3.63, 3.8) is 0 Å². The lowest BCUT2D eigenvalue weighted by atomic mass is 10.1. The van der Waals surface area contributed by atoms with Crippen LogP contribution in [0.1, 0.15) is 41.4 Å². The second-order valence-electron chi connectivity index (χ2n) is 11.2. The van der Waals surface area contributed by atoms with Crippen molar-refractivity contribution in [2.24, 2.45) is 0 Å². The summed E-state index contributed by atoms with van der Waals surface area (Å²) in [6, 6.07) is 9.60. The Kier molecular flexibility index (Phi) is 11.4. The van der Waals surface area contributed by atoms with Crippen molar-refractivity contribution < 1.29 is 33.7 Å². The van der Waals surface area contributed by atoms with E-state index in [2.05, 4.69) is 20.9 Å². The van der Waals surface area contributed by atoms with Crippen LogP contribution in [0.25, 0.3) is 0 Å². The highest BCUT2D eigenvalue weighted by Crippen LogP contribution is 2.34. The van der Waals surface area contributed by atoms with Crippen LogP contribution in [0.5, 0.6) is 17.2 Å². The van der Waals surface area contributed by atoms with E-state index < -0.39 is 24.0 Å². The normalized spacial score (nSPS) is 18.5. The SMILES string of the molecule is Cc1ccc2cc1OCCCn1cc(nn1)CCN(C(=O)CCSc1ccc3c(c1)OCCO3)CCNC(=O)[C@H]([C@@H](C)O)NC2=O. The number of nitrogens with zero attached hydrogens (tertiary/aromatic N) is 4. The van der Waals surface area contributed by atoms with Crippen LogP contribution < -0.4 is 24.8 Å². The molecule has 0 saturated heterocycles. The predicted molar refractivity (Wildman–Crippen MR) is 170 cm³/mol. The zero-order valence-electron chi connectivity index (χ0n) is 26.1. The first-order valence-corrected chi connectivity index (χ1v) is 16.4. The van der Waals surface area contributed by atoms with Crippen LogP contribution in [0.3, 0.4) is 0 Å². The van der Waals surface area contributed by atoms with E-state index in [4.69, 9.17) is 14.2 Å². The molecule has 0 radical (unpaired) electrons. The number of hydrogen-bond donors (Lipinski definition) is 3. The van der Waals surface area contributed by atoms with Gasteiger partial charge in [0.05, 0.1) is 18.4 Å². The monoisotopic (exact) mass is 652 g/mol. The van der Waals surface area contributed by atoms with Crippen LogP contribution in [-0.4, -0.2) is 100 Å². The van der Waals surface area contributed by atoms with Crippen molar-refractivity contribution in [1.82, 2.24) is 30.5 Å². The lowest BCUT2D eigenvalue weighted by molar-refractivity contribution is -0.131. The average molecular weight is 653 g/mol. The zero-order valence-corrected chi connectivity index (χ0v) is 26.9. The van der Waals surface area contributed by atoms with Crippen LogP contribution in [0.2, 0.25) is 0 Å². The Morgan fingerprint density at radius 1 is 1.04 bits per heavy atom. The van der Waals surface area contributed by atoms with Gasteiger partial charge in [-0.1, -0.05) is 11.3 Å². The van der Waals surface area contributed by atoms with Crippen LogP contribution in [0, 0.1) is 6.92 Å². The third kappa shape index (κ3) is 8.91. The zero-order chi connectivity index (χ0) is 32.5. The highest BCUT2D eigenvalue weighted by Gasteiger charge is 2.27. The fourth-order valence-electron chi connectivity index (χ4n) is 5.06. The number of benzene rings is 2. The molecule has 2 aromatic carbocycles. The number of aliphatic hydroxyl groups is 1. The van der Waals surface area contributed by atoms with E-state index in [0.717, 1.165) is 21.9 Å². The van der Waals surface area contributed by atoms with Crippen molar-refractivity contribution in [2.45, 2.75) is 56.7 Å². The first-order chi connectivity index (χ1) is 22.3. The first kappa shape index (κ1) is 33.1. The number of carbonyl (C=O) groups is 3. The van der Waals surface area contributed by atoms with Crippen LogP contribution in [0.4, 0.5) is 0 Å². The molecule has 5 rings (SSSR count). The highest BCUT2D eigenvalue weighted by molar-refractivity contribution is 7.99. The molecule has 3 amide bonds. The van der Waals surface area contributed by atoms with Gasteiger partial charge in [-0.15, -0.1) is 16.9 Å². The van der Waals surface area contributed by atoms with Gasteiger partial charge in [0.25, 0.3) is 5.91 Å². The third-order valence-corrected chi connectivity index (χ3v) is 8.64. The quantitative estimate of drug-likeness (QED) is 0.348. The lowest BCUT2D eigenvalue weighted by Crippen LogP contribution is -2.53. The number of thioether (sulfide) groups is 1. The van der Waals surface area contributed by atoms with Gasteiger partial charge in [-0.2, -0.15) is 0 Å². The Morgan fingerprint density at radius 2 is 1.85 bits per heavy atom. The Balaban J connectivity index is 1.25. The van der Waals surface area contributed by atoms with Gasteiger partial charge < -0.3 is 34.9 Å². The van der Waals surface area contributed by atoms with E-state index in [1.807, 2.05) is 31.3 Å². The molecule has 0 saturated carbocycles. The van der Waals surface area contributed by atoms with Gasteiger partial charge >= 0.3 is 0 Å². The molecule has 46 heavy (non-hydrogen) atoms.